The van der Waals surface area contributed by atoms with Crippen molar-refractivity contribution in [1.29, 1.82) is 0 Å². The summed E-state index contributed by atoms with van der Waals surface area (Å²) in [6, 6.07) is 1.74. The topological polar surface area (TPSA) is 63.8 Å². The van der Waals surface area contributed by atoms with Gasteiger partial charge in [-0.2, -0.15) is 4.98 Å². The molecule has 0 radical (unpaired) electrons. The molecule has 19 heavy (non-hydrogen) atoms. The van der Waals surface area contributed by atoms with Crippen molar-refractivity contribution in [3.05, 3.63) is 10.7 Å². The average Bonchev–Trinajstić information content (AvgIpc) is 2.23. The Kier molecular flexibility index (Phi) is 2.56. The number of aromatic nitrogens is 2. The number of nitrogen functional groups attached to an aromatic ring is 1. The molecule has 0 saturated heterocycles. The zero-order valence-corrected chi connectivity index (χ0v) is 12.5. The minimum atomic E-state index is 0.238. The van der Waals surface area contributed by atoms with Crippen molar-refractivity contribution < 1.29 is 0 Å². The molecule has 4 aliphatic carbocycles. The van der Waals surface area contributed by atoms with Gasteiger partial charge in [0, 0.05) is 11.6 Å². The Morgan fingerprint density at radius 1 is 1.11 bits per heavy atom. The molecule has 0 aromatic carbocycles. The smallest absolute Gasteiger partial charge is 0.226 e. The quantitative estimate of drug-likeness (QED) is 0.821. The number of nitrogens with zero attached hydrogens (tertiary/aromatic N) is 2. The molecule has 0 atom stereocenters. The fourth-order valence-electron chi connectivity index (χ4n) is 4.99. The van der Waals surface area contributed by atoms with Gasteiger partial charge in [0.25, 0.3) is 0 Å². The molecular weight excluding hydrogens is 304 g/mol. The maximum atomic E-state index is 5.81. The van der Waals surface area contributed by atoms with Crippen LogP contribution in [0.4, 0.5) is 11.8 Å². The summed E-state index contributed by atoms with van der Waals surface area (Å²) >= 11 is 3.39. The molecule has 5 rings (SSSR count). The highest BCUT2D eigenvalue weighted by Gasteiger charge is 2.51. The molecule has 1 aromatic rings. The van der Waals surface area contributed by atoms with E-state index >= 15 is 0 Å². The number of anilines is 2. The largest absolute Gasteiger partial charge is 0.383 e. The van der Waals surface area contributed by atoms with Crippen LogP contribution in [0.5, 0.6) is 0 Å². The molecule has 4 bridgehead atoms. The third-order valence-corrected chi connectivity index (χ3v) is 5.54. The lowest BCUT2D eigenvalue weighted by Crippen LogP contribution is -2.55. The van der Waals surface area contributed by atoms with Gasteiger partial charge in [0.15, 0.2) is 0 Å². The first-order valence-electron chi connectivity index (χ1n) is 7.18. The molecule has 0 spiro atoms. The van der Waals surface area contributed by atoms with Crippen LogP contribution in [-0.2, 0) is 0 Å². The third kappa shape index (κ3) is 2.12. The summed E-state index contributed by atoms with van der Waals surface area (Å²) in [6.45, 7) is 0. The predicted octanol–water partition coefficient (Wildman–Crippen LogP) is 3.20. The maximum Gasteiger partial charge on any atom is 0.226 e. The molecule has 4 saturated carbocycles. The molecule has 3 N–H and O–H groups in total. The first-order chi connectivity index (χ1) is 9.10. The number of nitrogens with two attached hydrogens (primary N) is 1. The fourth-order valence-corrected chi connectivity index (χ4v) is 5.39. The zero-order valence-electron chi connectivity index (χ0n) is 10.9. The van der Waals surface area contributed by atoms with Gasteiger partial charge in [-0.05, 0) is 72.2 Å². The second-order valence-electron chi connectivity index (χ2n) is 6.76. The summed E-state index contributed by atoms with van der Waals surface area (Å²) < 4.78 is 0.757. The molecule has 102 valence electrons. The number of hydrogen-bond donors (Lipinski definition) is 2. The van der Waals surface area contributed by atoms with Gasteiger partial charge >= 0.3 is 0 Å². The minimum absolute atomic E-state index is 0.238. The van der Waals surface area contributed by atoms with Gasteiger partial charge in [-0.1, -0.05) is 0 Å². The van der Waals surface area contributed by atoms with Gasteiger partial charge in [0.2, 0.25) is 5.95 Å². The molecule has 0 aliphatic heterocycles. The maximum absolute atomic E-state index is 5.81. The highest BCUT2D eigenvalue weighted by atomic mass is 79.9. The van der Waals surface area contributed by atoms with Crippen LogP contribution < -0.4 is 11.1 Å². The van der Waals surface area contributed by atoms with E-state index in [1.165, 1.54) is 38.5 Å². The van der Waals surface area contributed by atoms with Gasteiger partial charge < -0.3 is 11.1 Å². The lowest BCUT2D eigenvalue weighted by molar-refractivity contribution is 0.0103. The standard InChI is InChI=1S/C14H19BrN4/c15-11-4-12(16)18-13(17-11)19-14-5-8-1-9(6-14)3-10(2-8)7-14/h4,8-10H,1-3,5-7H2,(H3,16,17,18,19). The highest BCUT2D eigenvalue weighted by molar-refractivity contribution is 9.10. The second kappa shape index (κ2) is 4.08. The van der Waals surface area contributed by atoms with Crippen molar-refractivity contribution in [2.45, 2.75) is 44.1 Å². The van der Waals surface area contributed by atoms with Crippen molar-refractivity contribution in [3.8, 4) is 0 Å². The summed E-state index contributed by atoms with van der Waals surface area (Å²) in [5, 5.41) is 3.64. The van der Waals surface area contributed by atoms with E-state index < -0.39 is 0 Å². The Morgan fingerprint density at radius 3 is 2.21 bits per heavy atom. The monoisotopic (exact) mass is 322 g/mol. The number of rotatable bonds is 2. The predicted molar refractivity (Wildman–Crippen MR) is 78.7 cm³/mol. The lowest BCUT2D eigenvalue weighted by Gasteiger charge is -2.56. The fraction of sp³-hybridized carbons (Fsp3) is 0.714. The van der Waals surface area contributed by atoms with Crippen LogP contribution in [-0.4, -0.2) is 15.5 Å². The van der Waals surface area contributed by atoms with Crippen LogP contribution in [0, 0.1) is 17.8 Å². The van der Waals surface area contributed by atoms with E-state index in [2.05, 4.69) is 31.2 Å². The zero-order chi connectivity index (χ0) is 13.0. The van der Waals surface area contributed by atoms with E-state index in [0.717, 1.165) is 22.4 Å². The van der Waals surface area contributed by atoms with E-state index in [4.69, 9.17) is 5.73 Å². The highest BCUT2D eigenvalue weighted by Crippen LogP contribution is 2.56. The molecule has 4 aliphatic rings. The van der Waals surface area contributed by atoms with E-state index in [1.54, 1.807) is 6.07 Å². The van der Waals surface area contributed by atoms with Crippen molar-refractivity contribution >= 4 is 27.7 Å². The number of hydrogen-bond acceptors (Lipinski definition) is 4. The first-order valence-corrected chi connectivity index (χ1v) is 7.98. The van der Waals surface area contributed by atoms with Crippen molar-refractivity contribution in [1.82, 2.24) is 9.97 Å². The Morgan fingerprint density at radius 2 is 1.68 bits per heavy atom. The Labute approximate surface area is 121 Å². The normalized spacial score (nSPS) is 39.5. The molecular formula is C14H19BrN4. The SMILES string of the molecule is Nc1cc(Br)nc(NC23CC4CC(CC(C4)C2)C3)n1. The van der Waals surface area contributed by atoms with Gasteiger partial charge in [-0.3, -0.25) is 0 Å². The van der Waals surface area contributed by atoms with E-state index in [-0.39, 0.29) is 5.54 Å². The Bertz CT molecular complexity index is 461. The van der Waals surface area contributed by atoms with Gasteiger partial charge in [-0.15, -0.1) is 0 Å². The summed E-state index contributed by atoms with van der Waals surface area (Å²) in [7, 11) is 0. The summed E-state index contributed by atoms with van der Waals surface area (Å²) in [5.74, 6) is 3.97. The molecule has 1 aromatic heterocycles. The van der Waals surface area contributed by atoms with E-state index in [1.807, 2.05) is 0 Å². The van der Waals surface area contributed by atoms with Crippen molar-refractivity contribution in [2.75, 3.05) is 11.1 Å². The number of halogens is 1. The molecule has 0 unspecified atom stereocenters. The van der Waals surface area contributed by atoms with Crippen molar-refractivity contribution in [3.63, 3.8) is 0 Å². The summed E-state index contributed by atoms with van der Waals surface area (Å²) in [5.41, 5.74) is 6.04. The second-order valence-corrected chi connectivity index (χ2v) is 7.57. The average molecular weight is 323 g/mol. The number of nitrogens with one attached hydrogen (secondary N) is 1. The first kappa shape index (κ1) is 11.9. The van der Waals surface area contributed by atoms with Gasteiger partial charge in [0.05, 0.1) is 0 Å². The Balaban J connectivity index is 1.62. The van der Waals surface area contributed by atoms with Gasteiger partial charge in [0.1, 0.15) is 10.4 Å². The van der Waals surface area contributed by atoms with Crippen LogP contribution in [0.1, 0.15) is 38.5 Å². The lowest BCUT2D eigenvalue weighted by atomic mass is 9.53. The van der Waals surface area contributed by atoms with Crippen LogP contribution in [0.2, 0.25) is 0 Å². The molecule has 0 amide bonds. The van der Waals surface area contributed by atoms with E-state index in [0.29, 0.717) is 11.8 Å². The molecule has 5 heteroatoms. The van der Waals surface area contributed by atoms with Crippen LogP contribution in [0.3, 0.4) is 0 Å². The van der Waals surface area contributed by atoms with Crippen LogP contribution >= 0.6 is 15.9 Å². The van der Waals surface area contributed by atoms with Gasteiger partial charge in [-0.25, -0.2) is 4.98 Å². The molecule has 4 nitrogen and oxygen atoms in total. The Hall–Kier alpha value is -0.840. The summed E-state index contributed by atoms with van der Waals surface area (Å²) in [6.07, 6.45) is 8.20. The van der Waals surface area contributed by atoms with Crippen LogP contribution in [0.25, 0.3) is 0 Å². The van der Waals surface area contributed by atoms with Crippen LogP contribution in [0.15, 0.2) is 10.7 Å². The minimum Gasteiger partial charge on any atom is -0.383 e. The van der Waals surface area contributed by atoms with Crippen molar-refractivity contribution in [2.24, 2.45) is 17.8 Å². The van der Waals surface area contributed by atoms with E-state index in [9.17, 15) is 0 Å². The molecule has 1 heterocycles. The summed E-state index contributed by atoms with van der Waals surface area (Å²) in [4.78, 5) is 8.76. The molecule has 4 fully saturated rings. The third-order valence-electron chi connectivity index (χ3n) is 5.13.